The van der Waals surface area contributed by atoms with Crippen LogP contribution in [-0.4, -0.2) is 0 Å². The molecular weight excluding hydrogens is 208 g/mol. The lowest BCUT2D eigenvalue weighted by Crippen LogP contribution is -1.80. The predicted molar refractivity (Wildman–Crippen MR) is 61.1 cm³/mol. The second-order valence-corrected chi connectivity index (χ2v) is 5.44. The van der Waals surface area contributed by atoms with Crippen LogP contribution in [0.15, 0.2) is 68.1 Å². The SMILES string of the molecule is c1cc2ccc1Sc1ccc(cc1)S2. The van der Waals surface area contributed by atoms with Crippen LogP contribution in [0.2, 0.25) is 0 Å². The van der Waals surface area contributed by atoms with Crippen molar-refractivity contribution in [3.05, 3.63) is 48.5 Å². The monoisotopic (exact) mass is 216 g/mol. The summed E-state index contributed by atoms with van der Waals surface area (Å²) in [7, 11) is 0. The van der Waals surface area contributed by atoms with Gasteiger partial charge in [0, 0.05) is 19.6 Å². The largest absolute Gasteiger partial charge is 0.0901 e. The van der Waals surface area contributed by atoms with Crippen LogP contribution in [0.25, 0.3) is 0 Å². The molecule has 0 aliphatic carbocycles. The molecule has 2 heteroatoms. The van der Waals surface area contributed by atoms with E-state index in [9.17, 15) is 0 Å². The zero-order chi connectivity index (χ0) is 9.38. The molecule has 0 fully saturated rings. The van der Waals surface area contributed by atoms with Gasteiger partial charge in [0.15, 0.2) is 0 Å². The number of hydrogen-bond donors (Lipinski definition) is 0. The van der Waals surface area contributed by atoms with E-state index in [-0.39, 0.29) is 0 Å². The minimum Gasteiger partial charge on any atom is -0.0901 e. The molecule has 0 aromatic heterocycles. The minimum absolute atomic E-state index is 1.31. The van der Waals surface area contributed by atoms with Gasteiger partial charge in [0.25, 0.3) is 0 Å². The molecule has 2 aromatic carbocycles. The van der Waals surface area contributed by atoms with Crippen molar-refractivity contribution >= 4 is 23.5 Å². The summed E-state index contributed by atoms with van der Waals surface area (Å²) in [5.74, 6) is 0. The Morgan fingerprint density at radius 1 is 0.429 bits per heavy atom. The number of hydrogen-bond acceptors (Lipinski definition) is 2. The lowest BCUT2D eigenvalue weighted by Gasteiger charge is -2.08. The highest BCUT2D eigenvalue weighted by molar-refractivity contribution is 8.00. The molecule has 2 aromatic rings. The zero-order valence-corrected chi connectivity index (χ0v) is 9.07. The molecule has 0 saturated heterocycles. The van der Waals surface area contributed by atoms with Crippen LogP contribution in [-0.2, 0) is 0 Å². The van der Waals surface area contributed by atoms with Crippen LogP contribution in [0.1, 0.15) is 0 Å². The summed E-state index contributed by atoms with van der Waals surface area (Å²) < 4.78 is 0. The molecule has 6 rings (SSSR count). The van der Waals surface area contributed by atoms with Crippen molar-refractivity contribution in [1.82, 2.24) is 0 Å². The van der Waals surface area contributed by atoms with Gasteiger partial charge in [-0.2, -0.15) is 0 Å². The summed E-state index contributed by atoms with van der Waals surface area (Å²) >= 11 is 3.63. The maximum atomic E-state index is 2.18. The van der Waals surface area contributed by atoms with Gasteiger partial charge >= 0.3 is 0 Å². The first-order valence-corrected chi connectivity index (χ1v) is 6.09. The van der Waals surface area contributed by atoms with Gasteiger partial charge in [-0.05, 0) is 48.5 Å². The highest BCUT2D eigenvalue weighted by atomic mass is 32.2. The Bertz CT molecular complexity index is 355. The van der Waals surface area contributed by atoms with Gasteiger partial charge < -0.3 is 0 Å². The molecule has 14 heavy (non-hydrogen) atoms. The van der Waals surface area contributed by atoms with Gasteiger partial charge in [-0.3, -0.25) is 0 Å². The summed E-state index contributed by atoms with van der Waals surface area (Å²) in [4.78, 5) is 5.24. The lowest BCUT2D eigenvalue weighted by atomic mass is 10.3. The van der Waals surface area contributed by atoms with Crippen LogP contribution in [0, 0.1) is 0 Å². The normalized spacial score (nSPS) is 13.1. The van der Waals surface area contributed by atoms with Gasteiger partial charge in [-0.15, -0.1) is 0 Å². The van der Waals surface area contributed by atoms with Gasteiger partial charge in [-0.1, -0.05) is 23.5 Å². The van der Waals surface area contributed by atoms with Crippen LogP contribution < -0.4 is 0 Å². The van der Waals surface area contributed by atoms with Gasteiger partial charge in [0.2, 0.25) is 0 Å². The third kappa shape index (κ3) is 1.56. The Hall–Kier alpha value is -0.860. The first kappa shape index (κ1) is 8.45. The fraction of sp³-hybridized carbons (Fsp3) is 0. The first-order chi connectivity index (χ1) is 6.90. The molecule has 0 saturated carbocycles. The molecule has 0 N–H and O–H groups in total. The fourth-order valence-corrected chi connectivity index (χ4v) is 3.06. The van der Waals surface area contributed by atoms with Crippen molar-refractivity contribution in [2.24, 2.45) is 0 Å². The van der Waals surface area contributed by atoms with Crippen molar-refractivity contribution in [1.29, 1.82) is 0 Å². The average molecular weight is 216 g/mol. The van der Waals surface area contributed by atoms with E-state index in [1.165, 1.54) is 19.6 Å². The van der Waals surface area contributed by atoms with Crippen molar-refractivity contribution in [2.45, 2.75) is 19.6 Å². The van der Waals surface area contributed by atoms with E-state index in [0.29, 0.717) is 0 Å². The summed E-state index contributed by atoms with van der Waals surface area (Å²) in [6.07, 6.45) is 0. The molecular formula is C12H8S2. The summed E-state index contributed by atoms with van der Waals surface area (Å²) in [6.45, 7) is 0. The van der Waals surface area contributed by atoms with Gasteiger partial charge in [0.1, 0.15) is 0 Å². The van der Waals surface area contributed by atoms with Crippen LogP contribution in [0.3, 0.4) is 0 Å². The molecule has 0 unspecified atom stereocenters. The van der Waals surface area contributed by atoms with E-state index < -0.39 is 0 Å². The minimum atomic E-state index is 1.31. The Kier molecular flexibility index (Phi) is 2.03. The van der Waals surface area contributed by atoms with E-state index in [1.807, 2.05) is 23.5 Å². The van der Waals surface area contributed by atoms with Crippen molar-refractivity contribution < 1.29 is 0 Å². The molecule has 0 amide bonds. The van der Waals surface area contributed by atoms with Gasteiger partial charge in [0.05, 0.1) is 0 Å². The molecule has 4 heterocycles. The predicted octanol–water partition coefficient (Wildman–Crippen LogP) is 4.30. The molecule has 0 nitrogen and oxygen atoms in total. The first-order valence-electron chi connectivity index (χ1n) is 4.46. The lowest BCUT2D eigenvalue weighted by molar-refractivity contribution is 1.29. The zero-order valence-electron chi connectivity index (χ0n) is 7.44. The van der Waals surface area contributed by atoms with Crippen LogP contribution in [0.5, 0.6) is 0 Å². The third-order valence-electron chi connectivity index (χ3n) is 2.12. The Morgan fingerprint density at radius 3 is 0.857 bits per heavy atom. The average Bonchev–Trinajstić information content (AvgIpc) is 2.27. The van der Waals surface area contributed by atoms with Gasteiger partial charge in [-0.25, -0.2) is 0 Å². The molecule has 68 valence electrons. The second kappa shape index (κ2) is 3.37. The topological polar surface area (TPSA) is 0 Å². The third-order valence-corrected chi connectivity index (χ3v) is 4.15. The standard InChI is InChI=1S/C12H8S2/c1-2-10-4-3-9(1)13-11-5-7-12(14-10)8-6-11/h1-8H. The molecule has 0 radical (unpaired) electrons. The molecule has 0 spiro atoms. The Morgan fingerprint density at radius 2 is 0.643 bits per heavy atom. The second-order valence-electron chi connectivity index (χ2n) is 3.15. The van der Waals surface area contributed by atoms with Crippen LogP contribution in [0.4, 0.5) is 0 Å². The van der Waals surface area contributed by atoms with Crippen molar-refractivity contribution in [2.75, 3.05) is 0 Å². The highest BCUT2D eigenvalue weighted by Gasteiger charge is 2.03. The van der Waals surface area contributed by atoms with E-state index in [4.69, 9.17) is 0 Å². The van der Waals surface area contributed by atoms with Crippen molar-refractivity contribution in [3.63, 3.8) is 0 Å². The fourth-order valence-electron chi connectivity index (χ4n) is 1.42. The number of rotatable bonds is 0. The van der Waals surface area contributed by atoms with Crippen LogP contribution >= 0.6 is 23.5 Å². The number of benzene rings is 2. The van der Waals surface area contributed by atoms with E-state index in [1.54, 1.807) is 0 Å². The van der Waals surface area contributed by atoms with E-state index >= 15 is 0 Å². The summed E-state index contributed by atoms with van der Waals surface area (Å²) in [6, 6.07) is 17.5. The van der Waals surface area contributed by atoms with Crippen molar-refractivity contribution in [3.8, 4) is 0 Å². The molecule has 4 bridgehead atoms. The Balaban J connectivity index is 2.19. The van der Waals surface area contributed by atoms with E-state index in [0.717, 1.165) is 0 Å². The smallest absolute Gasteiger partial charge is 0.0123 e. The highest BCUT2D eigenvalue weighted by Crippen LogP contribution is 2.35. The maximum Gasteiger partial charge on any atom is 0.0123 e. The molecule has 4 aliphatic heterocycles. The quantitative estimate of drug-likeness (QED) is 0.549. The summed E-state index contributed by atoms with van der Waals surface area (Å²) in [5, 5.41) is 0. The Labute approximate surface area is 91.7 Å². The molecule has 4 aliphatic rings. The molecule has 0 atom stereocenters. The maximum absolute atomic E-state index is 2.18. The summed E-state index contributed by atoms with van der Waals surface area (Å²) in [5.41, 5.74) is 0. The van der Waals surface area contributed by atoms with E-state index in [2.05, 4.69) is 48.5 Å².